The van der Waals surface area contributed by atoms with Crippen molar-refractivity contribution in [1.29, 1.82) is 0 Å². The number of rotatable bonds is 1. The number of hydrogen-bond acceptors (Lipinski definition) is 0. The Balaban J connectivity index is -0.00000000300. The van der Waals surface area contributed by atoms with Gasteiger partial charge in [-0.25, -0.2) is 0 Å². The fraction of sp³-hybridized carbons (Fsp3) is 1.00. The molecule has 0 heterocycles. The smallest absolute Gasteiger partial charge is 0 e. The molecule has 0 aromatic rings. The summed E-state index contributed by atoms with van der Waals surface area (Å²) in [6.07, 6.45) is 0.986. The van der Waals surface area contributed by atoms with Crippen molar-refractivity contribution in [2.75, 3.05) is 6.54 Å². The van der Waals surface area contributed by atoms with Gasteiger partial charge in [-0.15, -0.1) is 0 Å². The summed E-state index contributed by atoms with van der Waals surface area (Å²) >= 11 is 0. The SMILES string of the molecule is CCC[NH-].[V].[V].[V].[V].[V].[V]. The average molecular weight is 364 g/mol. The third kappa shape index (κ3) is 63.0. The molecule has 0 bridgehead atoms. The van der Waals surface area contributed by atoms with Gasteiger partial charge in [-0.3, -0.25) is 0 Å². The van der Waals surface area contributed by atoms with Crippen molar-refractivity contribution >= 4 is 0 Å². The van der Waals surface area contributed by atoms with Gasteiger partial charge in [0.25, 0.3) is 0 Å². The number of nitrogens with one attached hydrogen (secondary N) is 1. The Hall–Kier alpha value is 3.47. The molecule has 1 nitrogen and oxygen atoms in total. The fourth-order valence-electron chi connectivity index (χ4n) is 0. The van der Waals surface area contributed by atoms with Crippen LogP contribution in [-0.2, 0) is 111 Å². The maximum atomic E-state index is 6.45. The van der Waals surface area contributed by atoms with E-state index in [1.54, 1.807) is 0 Å². The van der Waals surface area contributed by atoms with Crippen molar-refractivity contribution in [3.05, 3.63) is 5.73 Å². The summed E-state index contributed by atoms with van der Waals surface area (Å²) in [7, 11) is 0. The van der Waals surface area contributed by atoms with Crippen LogP contribution in [0.2, 0.25) is 0 Å². The molecule has 6 radical (unpaired) electrons. The molecule has 1 N–H and O–H groups in total. The van der Waals surface area contributed by atoms with E-state index in [0.717, 1.165) is 6.42 Å². The Morgan fingerprint density at radius 2 is 0.900 bits per heavy atom. The Morgan fingerprint density at radius 3 is 0.900 bits per heavy atom. The van der Waals surface area contributed by atoms with Gasteiger partial charge in [0.1, 0.15) is 0 Å². The van der Waals surface area contributed by atoms with E-state index in [9.17, 15) is 0 Å². The molecule has 0 aromatic heterocycles. The first kappa shape index (κ1) is 50.1. The molecule has 0 rings (SSSR count). The molecular formula is C3H8NV6-. The molecule has 0 fully saturated rings. The second kappa shape index (κ2) is 54.9. The van der Waals surface area contributed by atoms with Crippen molar-refractivity contribution in [2.45, 2.75) is 13.3 Å². The summed E-state index contributed by atoms with van der Waals surface area (Å²) < 4.78 is 0. The third-order valence-electron chi connectivity index (χ3n) is 0.250. The van der Waals surface area contributed by atoms with Crippen LogP contribution in [0.3, 0.4) is 0 Å². The van der Waals surface area contributed by atoms with Gasteiger partial charge < -0.3 is 5.73 Å². The molecule has 0 aliphatic carbocycles. The predicted molar refractivity (Wildman–Crippen MR) is 19.5 cm³/mol. The zero-order chi connectivity index (χ0) is 3.41. The van der Waals surface area contributed by atoms with Crippen molar-refractivity contribution < 1.29 is 111 Å². The second-order valence-corrected chi connectivity index (χ2v) is 0.750. The van der Waals surface area contributed by atoms with Crippen LogP contribution in [0, 0.1) is 0 Å². The van der Waals surface area contributed by atoms with Crippen LogP contribution >= 0.6 is 0 Å². The molecule has 0 aliphatic heterocycles. The van der Waals surface area contributed by atoms with Gasteiger partial charge in [-0.2, -0.15) is 6.54 Å². The maximum absolute atomic E-state index is 6.45. The maximum Gasteiger partial charge on any atom is 0 e. The average Bonchev–Trinajstić information content (AvgIpc) is 1.37. The summed E-state index contributed by atoms with van der Waals surface area (Å²) in [6, 6.07) is 0. The van der Waals surface area contributed by atoms with E-state index in [0.29, 0.717) is 6.54 Å². The Kier molecular flexibility index (Phi) is 275. The molecule has 0 saturated carbocycles. The quantitative estimate of drug-likeness (QED) is 0.673. The summed E-state index contributed by atoms with van der Waals surface area (Å²) in [4.78, 5) is 0. The van der Waals surface area contributed by atoms with E-state index in [1.807, 2.05) is 6.92 Å². The van der Waals surface area contributed by atoms with E-state index in [1.165, 1.54) is 0 Å². The minimum atomic E-state index is 0. The van der Waals surface area contributed by atoms with Crippen LogP contribution in [0.1, 0.15) is 13.3 Å². The van der Waals surface area contributed by atoms with Crippen molar-refractivity contribution in [1.82, 2.24) is 0 Å². The van der Waals surface area contributed by atoms with Gasteiger partial charge in [0.15, 0.2) is 0 Å². The van der Waals surface area contributed by atoms with Crippen LogP contribution < -0.4 is 0 Å². The summed E-state index contributed by atoms with van der Waals surface area (Å²) in [5.74, 6) is 0. The van der Waals surface area contributed by atoms with Crippen LogP contribution in [0.25, 0.3) is 5.73 Å². The van der Waals surface area contributed by atoms with Crippen LogP contribution in [-0.4, -0.2) is 6.54 Å². The zero-order valence-corrected chi connectivity index (χ0v) is 14.0. The van der Waals surface area contributed by atoms with E-state index >= 15 is 0 Å². The standard InChI is InChI=1S/C3H8N.6V/c1-2-3-4;;;;;;/h4H,2-3H2,1H3;;;;;;/q-1;;;;;;. The van der Waals surface area contributed by atoms with E-state index < -0.39 is 0 Å². The van der Waals surface area contributed by atoms with E-state index in [4.69, 9.17) is 5.73 Å². The van der Waals surface area contributed by atoms with Gasteiger partial charge in [-0.05, 0) is 0 Å². The summed E-state index contributed by atoms with van der Waals surface area (Å²) in [5.41, 5.74) is 6.45. The molecule has 10 heavy (non-hydrogen) atoms. The monoisotopic (exact) mass is 364 g/mol. The minimum absolute atomic E-state index is 0. The molecule has 7 heteroatoms. The predicted octanol–water partition coefficient (Wildman–Crippen LogP) is 1.43. The van der Waals surface area contributed by atoms with Gasteiger partial charge in [0, 0.05) is 111 Å². The van der Waals surface area contributed by atoms with Crippen LogP contribution in [0.15, 0.2) is 0 Å². The molecular weight excluding hydrogens is 356 g/mol. The Morgan fingerprint density at radius 1 is 0.800 bits per heavy atom. The molecule has 0 saturated heterocycles. The molecule has 0 unspecified atom stereocenters. The molecule has 0 aliphatic rings. The van der Waals surface area contributed by atoms with Crippen molar-refractivity contribution in [2.24, 2.45) is 0 Å². The molecule has 56 valence electrons. The van der Waals surface area contributed by atoms with Gasteiger partial charge in [0.05, 0.1) is 0 Å². The first-order valence-electron chi connectivity index (χ1n) is 1.56. The first-order chi connectivity index (χ1) is 1.91. The first-order valence-corrected chi connectivity index (χ1v) is 1.56. The fourth-order valence-corrected chi connectivity index (χ4v) is 0. The van der Waals surface area contributed by atoms with E-state index in [-0.39, 0.29) is 111 Å². The Labute approximate surface area is 135 Å². The van der Waals surface area contributed by atoms with Crippen molar-refractivity contribution in [3.63, 3.8) is 0 Å². The van der Waals surface area contributed by atoms with E-state index in [2.05, 4.69) is 0 Å². The summed E-state index contributed by atoms with van der Waals surface area (Å²) in [6.45, 7) is 2.56. The van der Waals surface area contributed by atoms with Crippen LogP contribution in [0.4, 0.5) is 0 Å². The normalized spacial score (nSPS) is 3.00. The topological polar surface area (TPSA) is 23.8 Å². The van der Waals surface area contributed by atoms with Crippen LogP contribution in [0.5, 0.6) is 0 Å². The third-order valence-corrected chi connectivity index (χ3v) is 0.250. The second-order valence-electron chi connectivity index (χ2n) is 0.750. The number of hydrogen-bond donors (Lipinski definition) is 0. The molecule has 0 aromatic carbocycles. The zero-order valence-electron chi connectivity index (χ0n) is 5.60. The van der Waals surface area contributed by atoms with Gasteiger partial charge in [0.2, 0.25) is 0 Å². The Bertz CT molecular complexity index is 15.0. The van der Waals surface area contributed by atoms with Gasteiger partial charge >= 0.3 is 0 Å². The van der Waals surface area contributed by atoms with Gasteiger partial charge in [-0.1, -0.05) is 13.3 Å². The molecule has 0 amide bonds. The minimum Gasteiger partial charge on any atom is -0.677 e. The van der Waals surface area contributed by atoms with Crippen molar-refractivity contribution in [3.8, 4) is 0 Å². The largest absolute Gasteiger partial charge is 0.677 e. The summed E-state index contributed by atoms with van der Waals surface area (Å²) in [5, 5.41) is 0. The molecule has 0 spiro atoms. The molecule has 0 atom stereocenters.